The van der Waals surface area contributed by atoms with E-state index in [1.54, 1.807) is 23.1 Å². The Labute approximate surface area is 343 Å². The maximum atomic E-state index is 13.8. The van der Waals surface area contributed by atoms with Gasteiger partial charge in [-0.15, -0.1) is 12.4 Å². The van der Waals surface area contributed by atoms with E-state index < -0.39 is 40.6 Å². The normalized spacial score (nSPS) is 20.9. The van der Waals surface area contributed by atoms with Crippen molar-refractivity contribution in [3.8, 4) is 0 Å². The maximum absolute atomic E-state index is 13.8. The second-order valence-electron chi connectivity index (χ2n) is 14.6. The highest BCUT2D eigenvalue weighted by atomic mass is 35.5. The molecule has 57 heavy (non-hydrogen) atoms. The van der Waals surface area contributed by atoms with Crippen molar-refractivity contribution in [1.82, 2.24) is 14.7 Å². The summed E-state index contributed by atoms with van der Waals surface area (Å²) in [5.74, 6) is -1.18. The maximum Gasteiger partial charge on any atom is 0.416 e. The molecule has 2 heterocycles. The Morgan fingerprint density at radius 2 is 1.61 bits per heavy atom. The molecule has 2 fully saturated rings. The van der Waals surface area contributed by atoms with Gasteiger partial charge < -0.3 is 29.3 Å². The summed E-state index contributed by atoms with van der Waals surface area (Å²) in [7, 11) is 0. The number of nitrogens with zero attached hydrogens (tertiary/aromatic N) is 3. The second kappa shape index (κ2) is 18.0. The van der Waals surface area contributed by atoms with Gasteiger partial charge in [-0.3, -0.25) is 9.59 Å². The standard InChI is InChI=1S/C40H43Cl2F6N3O5.ClH/c1-2-50(15-17-52)35(53)24-55-34-21-26-5-3-4-6-31(26)37(34)9-12-49(13-10-37)14-11-38(28-7-8-32(41)33(42)23-28)25-51(16-18-56-38)36(54)27-19-29(39(43,44)45)22-30(20-27)40(46,47)48;/h3-8,19-20,22-23,34,52H,2,9-18,21,24-25H2,1H3;1H/t34-,38+;/m0./s1. The predicted octanol–water partition coefficient (Wildman–Crippen LogP) is 8.03. The van der Waals surface area contributed by atoms with E-state index in [1.165, 1.54) is 16.0 Å². The first-order chi connectivity index (χ1) is 26.5. The van der Waals surface area contributed by atoms with Crippen LogP contribution in [0.5, 0.6) is 0 Å². The average Bonchev–Trinajstić information content (AvgIpc) is 3.47. The van der Waals surface area contributed by atoms with Gasteiger partial charge in [0.1, 0.15) is 12.2 Å². The Hall–Kier alpha value is -3.11. The monoisotopic (exact) mass is 865 g/mol. The summed E-state index contributed by atoms with van der Waals surface area (Å²) in [6.07, 6.45) is -8.06. The Bertz CT molecular complexity index is 1880. The fraction of sp³-hybridized carbons (Fsp3) is 0.500. The quantitative estimate of drug-likeness (QED) is 0.197. The molecule has 312 valence electrons. The van der Waals surface area contributed by atoms with E-state index in [4.69, 9.17) is 32.7 Å². The lowest BCUT2D eigenvalue weighted by Gasteiger charge is -2.46. The highest BCUT2D eigenvalue weighted by Crippen LogP contribution is 2.48. The van der Waals surface area contributed by atoms with E-state index >= 15 is 0 Å². The van der Waals surface area contributed by atoms with Crippen molar-refractivity contribution in [3.05, 3.63) is 104 Å². The molecule has 0 bridgehead atoms. The van der Waals surface area contributed by atoms with E-state index in [1.807, 2.05) is 19.1 Å². The third-order valence-corrected chi connectivity index (χ3v) is 12.2. The first kappa shape index (κ1) is 45.0. The van der Waals surface area contributed by atoms with Crippen LogP contribution in [0, 0.1) is 0 Å². The van der Waals surface area contributed by atoms with Gasteiger partial charge in [0.25, 0.3) is 5.91 Å². The number of hydrogen-bond donors (Lipinski definition) is 1. The molecule has 2 aliphatic heterocycles. The fourth-order valence-corrected chi connectivity index (χ4v) is 8.69. The van der Waals surface area contributed by atoms with Crippen molar-refractivity contribution in [2.45, 2.75) is 62.1 Å². The van der Waals surface area contributed by atoms with E-state index in [9.17, 15) is 41.0 Å². The number of aliphatic hydroxyl groups is 1. The van der Waals surface area contributed by atoms with Crippen LogP contribution in [-0.4, -0.2) is 103 Å². The average molecular weight is 867 g/mol. The van der Waals surface area contributed by atoms with E-state index in [0.29, 0.717) is 56.7 Å². The number of amides is 2. The second-order valence-corrected chi connectivity index (χ2v) is 15.4. The lowest BCUT2D eigenvalue weighted by Crippen LogP contribution is -2.54. The summed E-state index contributed by atoms with van der Waals surface area (Å²) in [5, 5.41) is 9.86. The van der Waals surface area contributed by atoms with Gasteiger partial charge in [-0.25, -0.2) is 0 Å². The molecule has 0 radical (unpaired) electrons. The summed E-state index contributed by atoms with van der Waals surface area (Å²) >= 11 is 12.7. The van der Waals surface area contributed by atoms with Crippen LogP contribution in [0.15, 0.2) is 60.7 Å². The molecule has 0 saturated carbocycles. The van der Waals surface area contributed by atoms with Crippen molar-refractivity contribution >= 4 is 47.4 Å². The highest BCUT2D eigenvalue weighted by Gasteiger charge is 2.50. The summed E-state index contributed by atoms with van der Waals surface area (Å²) in [6.45, 7) is 3.79. The lowest BCUT2D eigenvalue weighted by atomic mass is 9.72. The molecule has 8 nitrogen and oxygen atoms in total. The molecular formula is C40H44Cl3F6N3O5. The zero-order valence-corrected chi connectivity index (χ0v) is 33.4. The van der Waals surface area contributed by atoms with Gasteiger partial charge in [-0.2, -0.15) is 26.3 Å². The minimum absolute atomic E-state index is 0. The van der Waals surface area contributed by atoms with Crippen LogP contribution >= 0.6 is 35.6 Å². The number of alkyl halides is 6. The third-order valence-electron chi connectivity index (χ3n) is 11.4. The van der Waals surface area contributed by atoms with Crippen molar-refractivity contribution < 1.29 is 50.5 Å². The van der Waals surface area contributed by atoms with Gasteiger partial charge in [0.15, 0.2) is 0 Å². The molecule has 3 aromatic rings. The number of morpholine rings is 1. The molecule has 3 aromatic carbocycles. The van der Waals surface area contributed by atoms with E-state index in [0.717, 1.165) is 12.8 Å². The van der Waals surface area contributed by atoms with Crippen LogP contribution in [0.25, 0.3) is 0 Å². The van der Waals surface area contributed by atoms with Gasteiger partial charge >= 0.3 is 12.4 Å². The van der Waals surface area contributed by atoms with Gasteiger partial charge in [0.05, 0.1) is 47.0 Å². The molecule has 3 aliphatic rings. The number of likely N-dealkylation sites (N-methyl/N-ethyl adjacent to an activating group) is 1. The van der Waals surface area contributed by atoms with Crippen molar-refractivity contribution in [2.24, 2.45) is 0 Å². The molecule has 0 unspecified atom stereocenters. The van der Waals surface area contributed by atoms with E-state index in [2.05, 4.69) is 17.0 Å². The summed E-state index contributed by atoms with van der Waals surface area (Å²) in [4.78, 5) is 31.8. The number of carbonyl (C=O) groups is 2. The number of halogens is 9. The number of rotatable bonds is 11. The molecule has 2 atom stereocenters. The molecule has 2 amide bonds. The smallest absolute Gasteiger partial charge is 0.395 e. The molecule has 1 N–H and O–H groups in total. The van der Waals surface area contributed by atoms with Crippen LogP contribution in [0.4, 0.5) is 26.3 Å². The molecule has 6 rings (SSSR count). The first-order valence-electron chi connectivity index (χ1n) is 18.5. The summed E-state index contributed by atoms with van der Waals surface area (Å²) in [6, 6.07) is 13.9. The summed E-state index contributed by atoms with van der Waals surface area (Å²) in [5.41, 5.74) is -2.52. The van der Waals surface area contributed by atoms with Gasteiger partial charge in [0, 0.05) is 37.2 Å². The SMILES string of the molecule is CCN(CCO)C(=O)CO[C@H]1Cc2ccccc2C12CCN(CC[C@]1(c3ccc(Cl)c(Cl)c3)CN(C(=O)c3cc(C(F)(F)F)cc(C(F)(F)F)c3)CCO1)CC2.Cl. The number of fused-ring (bicyclic) bond motifs is 2. The third kappa shape index (κ3) is 9.69. The van der Waals surface area contributed by atoms with Crippen molar-refractivity contribution in [3.63, 3.8) is 0 Å². The number of hydrogen-bond acceptors (Lipinski definition) is 6. The zero-order chi connectivity index (χ0) is 40.5. The lowest BCUT2D eigenvalue weighted by molar-refractivity contribution is -0.143. The Morgan fingerprint density at radius 1 is 0.947 bits per heavy atom. The van der Waals surface area contributed by atoms with Crippen LogP contribution in [0.1, 0.15) is 64.4 Å². The number of likely N-dealkylation sites (tertiary alicyclic amines) is 1. The fourth-order valence-electron chi connectivity index (χ4n) is 8.39. The van der Waals surface area contributed by atoms with Crippen molar-refractivity contribution in [1.29, 1.82) is 0 Å². The van der Waals surface area contributed by atoms with Crippen LogP contribution in [-0.2, 0) is 44.1 Å². The van der Waals surface area contributed by atoms with Crippen molar-refractivity contribution in [2.75, 3.05) is 65.6 Å². The van der Waals surface area contributed by atoms with Gasteiger partial charge in [0.2, 0.25) is 5.91 Å². The van der Waals surface area contributed by atoms with Crippen LogP contribution < -0.4 is 0 Å². The molecule has 17 heteroatoms. The predicted molar refractivity (Wildman–Crippen MR) is 205 cm³/mol. The first-order valence-corrected chi connectivity index (χ1v) is 19.2. The van der Waals surface area contributed by atoms with Gasteiger partial charge in [-0.05, 0) is 92.7 Å². The van der Waals surface area contributed by atoms with E-state index in [-0.39, 0.29) is 85.4 Å². The minimum Gasteiger partial charge on any atom is -0.395 e. The minimum atomic E-state index is -5.11. The number of aliphatic hydroxyl groups excluding tert-OH is 1. The Kier molecular flexibility index (Phi) is 14.2. The number of ether oxygens (including phenoxy) is 2. The largest absolute Gasteiger partial charge is 0.416 e. The zero-order valence-electron chi connectivity index (χ0n) is 31.1. The van der Waals surface area contributed by atoms with Crippen LogP contribution in [0.3, 0.4) is 0 Å². The Balaban J connectivity index is 0.00000620. The van der Waals surface area contributed by atoms with Gasteiger partial charge in [-0.1, -0.05) is 53.5 Å². The molecule has 1 spiro atoms. The Morgan fingerprint density at radius 3 is 2.23 bits per heavy atom. The number of carbonyl (C=O) groups excluding carboxylic acids is 2. The highest BCUT2D eigenvalue weighted by molar-refractivity contribution is 6.42. The number of benzene rings is 3. The topological polar surface area (TPSA) is 82.5 Å². The number of piperidine rings is 1. The molecule has 2 saturated heterocycles. The molecule has 1 aliphatic carbocycles. The summed E-state index contributed by atoms with van der Waals surface area (Å²) < 4.78 is 95.0. The molecular weight excluding hydrogens is 823 g/mol. The van der Waals surface area contributed by atoms with Crippen LogP contribution in [0.2, 0.25) is 10.0 Å². The molecule has 0 aromatic heterocycles.